The molecule has 11 heavy (non-hydrogen) atoms. The Balaban J connectivity index is 3.02. The topological polar surface area (TPSA) is 18.5 Å². The van der Waals surface area contributed by atoms with Gasteiger partial charge in [-0.05, 0) is 19.8 Å². The Morgan fingerprint density at radius 2 is 2.09 bits per heavy atom. The van der Waals surface area contributed by atoms with Crippen molar-refractivity contribution in [1.82, 2.24) is 0 Å². The number of hydrogen-bond donors (Lipinski definition) is 0. The minimum atomic E-state index is -0.0819. The lowest BCUT2D eigenvalue weighted by Crippen LogP contribution is -2.11. The van der Waals surface area contributed by atoms with Crippen LogP contribution in [0.1, 0.15) is 40.0 Å². The summed E-state index contributed by atoms with van der Waals surface area (Å²) in [4.78, 5) is 0. The minimum absolute atomic E-state index is 0.0819. The molecule has 1 radical (unpaired) electrons. The summed E-state index contributed by atoms with van der Waals surface area (Å²) in [6.07, 6.45) is 3.13. The molecule has 2 heteroatoms. The maximum absolute atomic E-state index is 5.33. The highest BCUT2D eigenvalue weighted by Gasteiger charge is 1.99. The zero-order valence-electron chi connectivity index (χ0n) is 7.80. The Morgan fingerprint density at radius 3 is 2.64 bits per heavy atom. The number of unbranched alkanes of at least 4 members (excludes halogenated alkanes) is 1. The van der Waals surface area contributed by atoms with E-state index in [-0.39, 0.29) is 6.29 Å². The normalized spacial score (nSPS) is 13.4. The van der Waals surface area contributed by atoms with Crippen LogP contribution in [0.4, 0.5) is 0 Å². The van der Waals surface area contributed by atoms with Crippen LogP contribution in [0.2, 0.25) is 0 Å². The van der Waals surface area contributed by atoms with Gasteiger partial charge in [-0.3, -0.25) is 0 Å². The van der Waals surface area contributed by atoms with Gasteiger partial charge in [0.2, 0.25) is 0 Å². The summed E-state index contributed by atoms with van der Waals surface area (Å²) in [5.74, 6) is 0. The average molecular weight is 159 g/mol. The largest absolute Gasteiger partial charge is 0.353 e. The molecule has 67 valence electrons. The van der Waals surface area contributed by atoms with Gasteiger partial charge in [-0.2, -0.15) is 0 Å². The molecule has 0 aromatic rings. The van der Waals surface area contributed by atoms with Crippen molar-refractivity contribution in [2.75, 3.05) is 6.61 Å². The van der Waals surface area contributed by atoms with Crippen LogP contribution in [0.3, 0.4) is 0 Å². The van der Waals surface area contributed by atoms with Crippen LogP contribution < -0.4 is 0 Å². The Kier molecular flexibility index (Phi) is 7.96. The van der Waals surface area contributed by atoms with Crippen LogP contribution in [-0.4, -0.2) is 12.9 Å². The molecule has 1 unspecified atom stereocenters. The molecule has 0 aromatic carbocycles. The molecule has 0 saturated heterocycles. The minimum Gasteiger partial charge on any atom is -0.353 e. The first-order chi connectivity index (χ1) is 5.31. The van der Waals surface area contributed by atoms with E-state index in [4.69, 9.17) is 9.47 Å². The van der Waals surface area contributed by atoms with Crippen molar-refractivity contribution in [3.05, 3.63) is 6.61 Å². The number of ether oxygens (including phenoxy) is 2. The van der Waals surface area contributed by atoms with Gasteiger partial charge in [0.1, 0.15) is 0 Å². The summed E-state index contributed by atoms with van der Waals surface area (Å²) in [6, 6.07) is 0. The van der Waals surface area contributed by atoms with Gasteiger partial charge in [-0.1, -0.05) is 20.3 Å². The van der Waals surface area contributed by atoms with Crippen LogP contribution >= 0.6 is 0 Å². The summed E-state index contributed by atoms with van der Waals surface area (Å²) >= 11 is 0. The molecule has 0 fully saturated rings. The zero-order valence-corrected chi connectivity index (χ0v) is 7.80. The van der Waals surface area contributed by atoms with E-state index in [0.29, 0.717) is 0 Å². The molecular formula is C9H19O2. The molecule has 1 atom stereocenters. The molecule has 0 amide bonds. The first-order valence-corrected chi connectivity index (χ1v) is 4.40. The number of hydrogen-bond acceptors (Lipinski definition) is 2. The second-order valence-electron chi connectivity index (χ2n) is 2.50. The van der Waals surface area contributed by atoms with Gasteiger partial charge in [0.25, 0.3) is 0 Å². The maximum Gasteiger partial charge on any atom is 0.155 e. The van der Waals surface area contributed by atoms with Crippen molar-refractivity contribution >= 4 is 0 Å². The fourth-order valence-corrected chi connectivity index (χ4v) is 0.665. The molecule has 0 bridgehead atoms. The Hall–Kier alpha value is -0.0800. The molecule has 0 aliphatic rings. The van der Waals surface area contributed by atoms with Crippen molar-refractivity contribution in [1.29, 1.82) is 0 Å². The van der Waals surface area contributed by atoms with Gasteiger partial charge in [0.05, 0.1) is 6.61 Å². The van der Waals surface area contributed by atoms with Gasteiger partial charge in [-0.25, -0.2) is 0 Å². The molecule has 0 spiro atoms. The lowest BCUT2D eigenvalue weighted by Gasteiger charge is -2.12. The highest BCUT2D eigenvalue weighted by Crippen LogP contribution is 1.99. The first kappa shape index (κ1) is 10.9. The molecule has 0 heterocycles. The standard InChI is InChI=1S/C9H19O2/c1-4-6-8-11-9(3)10-7-5-2/h7,9H,4-6,8H2,1-3H3. The third-order valence-corrected chi connectivity index (χ3v) is 1.30. The van der Waals surface area contributed by atoms with Gasteiger partial charge in [-0.15, -0.1) is 0 Å². The van der Waals surface area contributed by atoms with Crippen LogP contribution in [0.15, 0.2) is 0 Å². The van der Waals surface area contributed by atoms with Crippen molar-refractivity contribution in [3.8, 4) is 0 Å². The molecule has 0 N–H and O–H groups in total. The zero-order chi connectivity index (χ0) is 8.53. The van der Waals surface area contributed by atoms with E-state index in [0.717, 1.165) is 19.4 Å². The summed E-state index contributed by atoms with van der Waals surface area (Å²) < 4.78 is 10.5. The Bertz CT molecular complexity index is 74.0. The van der Waals surface area contributed by atoms with E-state index < -0.39 is 0 Å². The van der Waals surface area contributed by atoms with Crippen molar-refractivity contribution in [2.24, 2.45) is 0 Å². The second kappa shape index (κ2) is 8.02. The van der Waals surface area contributed by atoms with Crippen molar-refractivity contribution < 1.29 is 9.47 Å². The summed E-state index contributed by atoms with van der Waals surface area (Å²) in [6.45, 7) is 8.68. The van der Waals surface area contributed by atoms with Crippen molar-refractivity contribution in [2.45, 2.75) is 46.3 Å². The lowest BCUT2D eigenvalue weighted by molar-refractivity contribution is -0.109. The molecule has 0 saturated carbocycles. The third-order valence-electron chi connectivity index (χ3n) is 1.30. The fraction of sp³-hybridized carbons (Fsp3) is 0.889. The van der Waals surface area contributed by atoms with E-state index >= 15 is 0 Å². The fourth-order valence-electron chi connectivity index (χ4n) is 0.665. The van der Waals surface area contributed by atoms with Crippen LogP contribution in [0.5, 0.6) is 0 Å². The average Bonchev–Trinajstić information content (AvgIpc) is 2.01. The van der Waals surface area contributed by atoms with E-state index in [1.54, 1.807) is 6.61 Å². The van der Waals surface area contributed by atoms with Crippen molar-refractivity contribution in [3.63, 3.8) is 0 Å². The van der Waals surface area contributed by atoms with Crippen LogP contribution in [0.25, 0.3) is 0 Å². The smallest absolute Gasteiger partial charge is 0.155 e. The van der Waals surface area contributed by atoms with Gasteiger partial charge in [0, 0.05) is 6.61 Å². The molecular weight excluding hydrogens is 140 g/mol. The van der Waals surface area contributed by atoms with E-state index in [2.05, 4.69) is 6.92 Å². The molecule has 2 nitrogen and oxygen atoms in total. The predicted molar refractivity (Wildman–Crippen MR) is 46.0 cm³/mol. The van der Waals surface area contributed by atoms with Gasteiger partial charge >= 0.3 is 0 Å². The van der Waals surface area contributed by atoms with E-state index in [9.17, 15) is 0 Å². The molecule has 0 aromatic heterocycles. The maximum atomic E-state index is 5.33. The number of rotatable bonds is 7. The molecule has 0 rings (SSSR count). The highest BCUT2D eigenvalue weighted by atomic mass is 16.7. The SMILES string of the molecule is CC[CH]OC(C)OCCCC. The van der Waals surface area contributed by atoms with E-state index in [1.165, 1.54) is 6.42 Å². The molecule has 0 aliphatic heterocycles. The Labute approximate surface area is 69.9 Å². The highest BCUT2D eigenvalue weighted by molar-refractivity contribution is 4.45. The van der Waals surface area contributed by atoms with Crippen LogP contribution in [0, 0.1) is 6.61 Å². The van der Waals surface area contributed by atoms with E-state index in [1.807, 2.05) is 13.8 Å². The summed E-state index contributed by atoms with van der Waals surface area (Å²) in [5, 5.41) is 0. The molecule has 0 aliphatic carbocycles. The van der Waals surface area contributed by atoms with Gasteiger partial charge in [0.15, 0.2) is 6.29 Å². The lowest BCUT2D eigenvalue weighted by atomic mass is 10.4. The first-order valence-electron chi connectivity index (χ1n) is 4.40. The third kappa shape index (κ3) is 7.82. The summed E-state index contributed by atoms with van der Waals surface area (Å²) in [7, 11) is 0. The van der Waals surface area contributed by atoms with Crippen LogP contribution in [-0.2, 0) is 9.47 Å². The Morgan fingerprint density at radius 1 is 1.36 bits per heavy atom. The predicted octanol–water partition coefficient (Wildman–Crippen LogP) is 2.74. The quantitative estimate of drug-likeness (QED) is 0.420. The van der Waals surface area contributed by atoms with Gasteiger partial charge < -0.3 is 9.47 Å². The summed E-state index contributed by atoms with van der Waals surface area (Å²) in [5.41, 5.74) is 0. The second-order valence-corrected chi connectivity index (χ2v) is 2.50. The monoisotopic (exact) mass is 159 g/mol.